The number of aliphatic hydroxyl groups excluding tert-OH is 1. The Hall–Kier alpha value is -1.35. The quantitative estimate of drug-likeness (QED) is 0.842. The molecule has 0 radical (unpaired) electrons. The summed E-state index contributed by atoms with van der Waals surface area (Å²) in [7, 11) is -1.82. The summed E-state index contributed by atoms with van der Waals surface area (Å²) in [6, 6.07) is 6.65. The van der Waals surface area contributed by atoms with Gasteiger partial charge in [0.1, 0.15) is 0 Å². The van der Waals surface area contributed by atoms with Crippen LogP contribution in [0.3, 0.4) is 0 Å². The van der Waals surface area contributed by atoms with E-state index in [0.29, 0.717) is 30.4 Å². The third-order valence-electron chi connectivity index (χ3n) is 3.78. The average Bonchev–Trinajstić information content (AvgIpc) is 3.14. The lowest BCUT2D eigenvalue weighted by Crippen LogP contribution is -2.29. The Morgan fingerprint density at radius 2 is 2.14 bits per heavy atom. The van der Waals surface area contributed by atoms with Crippen molar-refractivity contribution in [3.05, 3.63) is 29.8 Å². The van der Waals surface area contributed by atoms with Crippen molar-refractivity contribution >= 4 is 10.0 Å². The number of hydrogen-bond donors (Lipinski definition) is 1. The van der Waals surface area contributed by atoms with Crippen LogP contribution in [0, 0.1) is 23.7 Å². The molecule has 5 heteroatoms. The Labute approximate surface area is 126 Å². The second kappa shape index (κ2) is 6.61. The summed E-state index contributed by atoms with van der Waals surface area (Å²) in [4.78, 5) is 0.272. The molecule has 1 N–H and O–H groups in total. The molecule has 0 saturated heterocycles. The van der Waals surface area contributed by atoms with Crippen LogP contribution in [-0.2, 0) is 10.0 Å². The first kappa shape index (κ1) is 16.0. The maximum atomic E-state index is 12.5. The lowest BCUT2D eigenvalue weighted by molar-refractivity contribution is 0.305. The van der Waals surface area contributed by atoms with Crippen LogP contribution in [0.1, 0.15) is 25.3 Å². The minimum Gasteiger partial charge on any atom is -0.395 e. The molecular formula is C16H21NO3S. The van der Waals surface area contributed by atoms with Crippen molar-refractivity contribution in [3.63, 3.8) is 0 Å². The molecule has 21 heavy (non-hydrogen) atoms. The van der Waals surface area contributed by atoms with Crippen LogP contribution < -0.4 is 0 Å². The fourth-order valence-corrected chi connectivity index (χ4v) is 3.49. The fourth-order valence-electron chi connectivity index (χ4n) is 2.22. The van der Waals surface area contributed by atoms with Crippen LogP contribution in [0.2, 0.25) is 0 Å². The van der Waals surface area contributed by atoms with Gasteiger partial charge in [-0.15, -0.1) is 0 Å². The molecule has 1 aromatic rings. The van der Waals surface area contributed by atoms with Crippen LogP contribution >= 0.6 is 0 Å². The largest absolute Gasteiger partial charge is 0.395 e. The number of rotatable bonds is 5. The lowest BCUT2D eigenvalue weighted by atomic mass is 10.2. The van der Waals surface area contributed by atoms with Crippen molar-refractivity contribution in [2.75, 3.05) is 20.2 Å². The van der Waals surface area contributed by atoms with Gasteiger partial charge in [0.2, 0.25) is 10.0 Å². The summed E-state index contributed by atoms with van der Waals surface area (Å²) < 4.78 is 26.5. The van der Waals surface area contributed by atoms with Gasteiger partial charge in [-0.25, -0.2) is 12.7 Å². The van der Waals surface area contributed by atoms with Crippen molar-refractivity contribution in [2.45, 2.75) is 24.7 Å². The molecule has 0 aromatic heterocycles. The summed E-state index contributed by atoms with van der Waals surface area (Å²) in [6.45, 7) is 2.72. The Bertz CT molecular complexity index is 658. The van der Waals surface area contributed by atoms with Gasteiger partial charge in [0.15, 0.2) is 0 Å². The number of sulfonamides is 1. The first-order valence-electron chi connectivity index (χ1n) is 7.11. The predicted octanol–water partition coefficient (Wildman–Crippen LogP) is 1.70. The molecule has 0 spiro atoms. The van der Waals surface area contributed by atoms with E-state index in [1.165, 1.54) is 4.31 Å². The predicted molar refractivity (Wildman–Crippen MR) is 82.1 cm³/mol. The van der Waals surface area contributed by atoms with Crippen LogP contribution in [0.4, 0.5) is 0 Å². The second-order valence-electron chi connectivity index (χ2n) is 5.56. The highest BCUT2D eigenvalue weighted by molar-refractivity contribution is 7.89. The van der Waals surface area contributed by atoms with E-state index in [4.69, 9.17) is 5.11 Å². The minimum absolute atomic E-state index is 0.00724. The van der Waals surface area contributed by atoms with Crippen LogP contribution in [0.25, 0.3) is 0 Å². The maximum Gasteiger partial charge on any atom is 0.242 e. The monoisotopic (exact) mass is 307 g/mol. The highest BCUT2D eigenvalue weighted by atomic mass is 32.2. The summed E-state index contributed by atoms with van der Waals surface area (Å²) >= 11 is 0. The molecule has 1 fully saturated rings. The fraction of sp³-hybridized carbons (Fsp3) is 0.500. The zero-order valence-electron chi connectivity index (χ0n) is 12.4. The van der Waals surface area contributed by atoms with E-state index in [-0.39, 0.29) is 11.5 Å². The maximum absolute atomic E-state index is 12.5. The summed E-state index contributed by atoms with van der Waals surface area (Å²) in [5.74, 6) is 6.77. The SMILES string of the molecule is CC1CC1CN(C)S(=O)(=O)c1cccc(C#CCCO)c1. The Kier molecular flexibility index (Phi) is 5.04. The Balaban J connectivity index is 2.16. The van der Waals surface area contributed by atoms with Crippen LogP contribution in [0.15, 0.2) is 29.2 Å². The Morgan fingerprint density at radius 1 is 1.43 bits per heavy atom. The highest BCUT2D eigenvalue weighted by Gasteiger charge is 2.36. The second-order valence-corrected chi connectivity index (χ2v) is 7.61. The zero-order chi connectivity index (χ0) is 15.5. The third-order valence-corrected chi connectivity index (χ3v) is 5.60. The van der Waals surface area contributed by atoms with E-state index in [9.17, 15) is 8.42 Å². The molecule has 4 nitrogen and oxygen atoms in total. The van der Waals surface area contributed by atoms with E-state index >= 15 is 0 Å². The van der Waals surface area contributed by atoms with Gasteiger partial charge in [-0.2, -0.15) is 0 Å². The van der Waals surface area contributed by atoms with E-state index < -0.39 is 10.0 Å². The van der Waals surface area contributed by atoms with Crippen molar-refractivity contribution in [2.24, 2.45) is 11.8 Å². The molecule has 0 bridgehead atoms. The third kappa shape index (κ3) is 4.07. The summed E-state index contributed by atoms with van der Waals surface area (Å²) in [5.41, 5.74) is 0.651. The van der Waals surface area contributed by atoms with E-state index in [0.717, 1.165) is 6.42 Å². The van der Waals surface area contributed by atoms with Crippen molar-refractivity contribution in [3.8, 4) is 11.8 Å². The molecule has 0 amide bonds. The molecule has 2 unspecified atom stereocenters. The van der Waals surface area contributed by atoms with Gasteiger partial charge in [0.25, 0.3) is 0 Å². The number of hydrogen-bond acceptors (Lipinski definition) is 3. The summed E-state index contributed by atoms with van der Waals surface area (Å²) in [6.07, 6.45) is 1.49. The molecule has 1 saturated carbocycles. The zero-order valence-corrected chi connectivity index (χ0v) is 13.2. The lowest BCUT2D eigenvalue weighted by Gasteiger charge is -2.17. The Morgan fingerprint density at radius 3 is 2.76 bits per heavy atom. The molecule has 1 aliphatic rings. The summed E-state index contributed by atoms with van der Waals surface area (Å²) in [5, 5.41) is 8.71. The molecule has 114 valence electrons. The molecule has 1 aromatic carbocycles. The number of benzene rings is 1. The van der Waals surface area contributed by atoms with Crippen molar-refractivity contribution in [1.82, 2.24) is 4.31 Å². The number of aliphatic hydroxyl groups is 1. The van der Waals surface area contributed by atoms with Crippen molar-refractivity contribution < 1.29 is 13.5 Å². The molecule has 2 atom stereocenters. The smallest absolute Gasteiger partial charge is 0.242 e. The van der Waals surface area contributed by atoms with Gasteiger partial charge >= 0.3 is 0 Å². The van der Waals surface area contributed by atoms with Gasteiger partial charge in [-0.3, -0.25) is 0 Å². The minimum atomic E-state index is -3.45. The standard InChI is InChI=1S/C16H21NO3S/c1-13-10-15(13)12-17(2)21(19,20)16-8-5-7-14(11-16)6-3-4-9-18/h5,7-8,11,13,15,18H,4,9-10,12H2,1-2H3. The molecule has 2 rings (SSSR count). The molecule has 0 aliphatic heterocycles. The number of nitrogens with zero attached hydrogens (tertiary/aromatic N) is 1. The van der Waals surface area contributed by atoms with Crippen LogP contribution in [0.5, 0.6) is 0 Å². The van der Waals surface area contributed by atoms with Gasteiger partial charge in [0.05, 0.1) is 11.5 Å². The van der Waals surface area contributed by atoms with Crippen LogP contribution in [-0.4, -0.2) is 38.0 Å². The first-order chi connectivity index (χ1) is 9.95. The highest BCUT2D eigenvalue weighted by Crippen LogP contribution is 2.38. The molecular weight excluding hydrogens is 286 g/mol. The van der Waals surface area contributed by atoms with E-state index in [1.807, 2.05) is 0 Å². The van der Waals surface area contributed by atoms with Gasteiger partial charge < -0.3 is 5.11 Å². The normalized spacial score (nSPS) is 21.0. The molecule has 1 aliphatic carbocycles. The molecule has 0 heterocycles. The van der Waals surface area contributed by atoms with Gasteiger partial charge in [-0.1, -0.05) is 24.8 Å². The first-order valence-corrected chi connectivity index (χ1v) is 8.55. The van der Waals surface area contributed by atoms with E-state index in [1.54, 1.807) is 31.3 Å². The van der Waals surface area contributed by atoms with Gasteiger partial charge in [0, 0.05) is 25.6 Å². The average molecular weight is 307 g/mol. The van der Waals surface area contributed by atoms with Crippen molar-refractivity contribution in [1.29, 1.82) is 0 Å². The van der Waals surface area contributed by atoms with Gasteiger partial charge in [-0.05, 0) is 36.5 Å². The topological polar surface area (TPSA) is 57.6 Å². The van der Waals surface area contributed by atoms with E-state index in [2.05, 4.69) is 18.8 Å².